The van der Waals surface area contributed by atoms with E-state index in [0.29, 0.717) is 6.54 Å². The first-order valence-corrected chi connectivity index (χ1v) is 5.79. The summed E-state index contributed by atoms with van der Waals surface area (Å²) in [4.78, 5) is 22.1. The summed E-state index contributed by atoms with van der Waals surface area (Å²) in [5, 5.41) is 16.0. The highest BCUT2D eigenvalue weighted by Crippen LogP contribution is 2.27. The van der Waals surface area contributed by atoms with Crippen LogP contribution >= 0.6 is 0 Å². The molecule has 0 saturated carbocycles. The number of nitro benzene ring substituents is 1. The number of benzene rings is 1. The number of hydrogen-bond acceptors (Lipinski definition) is 4. The monoisotopic (exact) mass is 269 g/mol. The number of carbonyl (C=O) groups excluding carboxylic acids is 1. The largest absolute Gasteiger partial charge is 0.316 e. The summed E-state index contributed by atoms with van der Waals surface area (Å²) in [5.74, 6) is -1.38. The fourth-order valence-corrected chi connectivity index (χ4v) is 1.58. The Morgan fingerprint density at radius 3 is 2.63 bits per heavy atom. The summed E-state index contributed by atoms with van der Waals surface area (Å²) < 4.78 is 13.6. The van der Waals surface area contributed by atoms with E-state index in [1.807, 2.05) is 6.92 Å². The average Bonchev–Trinajstić information content (AvgIpc) is 2.31. The van der Waals surface area contributed by atoms with Gasteiger partial charge < -0.3 is 10.6 Å². The van der Waals surface area contributed by atoms with Gasteiger partial charge in [0.2, 0.25) is 5.91 Å². The van der Waals surface area contributed by atoms with Crippen molar-refractivity contribution in [1.82, 2.24) is 5.32 Å². The van der Waals surface area contributed by atoms with Gasteiger partial charge in [-0.1, -0.05) is 13.0 Å². The molecule has 0 aromatic heterocycles. The number of nitrogens with zero attached hydrogens (tertiary/aromatic N) is 1. The van der Waals surface area contributed by atoms with Gasteiger partial charge in [0.1, 0.15) is 0 Å². The summed E-state index contributed by atoms with van der Waals surface area (Å²) in [7, 11) is 0. The van der Waals surface area contributed by atoms with Crippen molar-refractivity contribution in [3.8, 4) is 0 Å². The number of nitro groups is 1. The summed E-state index contributed by atoms with van der Waals surface area (Å²) in [6.45, 7) is 5.58. The average molecular weight is 269 g/mol. The topological polar surface area (TPSA) is 84.3 Å². The third-order valence-electron chi connectivity index (χ3n) is 2.61. The van der Waals surface area contributed by atoms with Crippen molar-refractivity contribution in [2.24, 2.45) is 0 Å². The van der Waals surface area contributed by atoms with Crippen molar-refractivity contribution in [2.75, 3.05) is 11.9 Å². The van der Waals surface area contributed by atoms with Crippen LogP contribution < -0.4 is 10.6 Å². The van der Waals surface area contributed by atoms with E-state index < -0.39 is 33.6 Å². The summed E-state index contributed by atoms with van der Waals surface area (Å²) in [6, 6.07) is 3.42. The molecule has 0 radical (unpaired) electrons. The molecular formula is C12H16FN3O3. The highest BCUT2D eigenvalue weighted by atomic mass is 19.1. The highest BCUT2D eigenvalue weighted by Gasteiger charge is 2.29. The first-order valence-electron chi connectivity index (χ1n) is 5.79. The van der Waals surface area contributed by atoms with Gasteiger partial charge in [0.15, 0.2) is 11.5 Å². The van der Waals surface area contributed by atoms with Gasteiger partial charge in [-0.15, -0.1) is 0 Å². The van der Waals surface area contributed by atoms with Gasteiger partial charge in [-0.3, -0.25) is 14.9 Å². The summed E-state index contributed by atoms with van der Waals surface area (Å²) >= 11 is 0. The van der Waals surface area contributed by atoms with Crippen LogP contribution in [-0.4, -0.2) is 22.9 Å². The van der Waals surface area contributed by atoms with Crippen molar-refractivity contribution in [1.29, 1.82) is 0 Å². The molecule has 0 aliphatic carbocycles. The van der Waals surface area contributed by atoms with Gasteiger partial charge in [0.25, 0.3) is 5.69 Å². The Kier molecular flexibility index (Phi) is 4.55. The minimum atomic E-state index is -0.953. The number of para-hydroxylation sites is 1. The first-order chi connectivity index (χ1) is 8.79. The van der Waals surface area contributed by atoms with Gasteiger partial charge >= 0.3 is 0 Å². The Morgan fingerprint density at radius 1 is 1.47 bits per heavy atom. The maximum absolute atomic E-state index is 13.6. The third-order valence-corrected chi connectivity index (χ3v) is 2.61. The predicted molar refractivity (Wildman–Crippen MR) is 69.4 cm³/mol. The van der Waals surface area contributed by atoms with Crippen molar-refractivity contribution in [3.63, 3.8) is 0 Å². The molecule has 0 atom stereocenters. The molecule has 1 aromatic carbocycles. The quantitative estimate of drug-likeness (QED) is 0.633. The molecule has 1 amide bonds. The van der Waals surface area contributed by atoms with E-state index in [4.69, 9.17) is 0 Å². The fourth-order valence-electron chi connectivity index (χ4n) is 1.58. The molecule has 0 bridgehead atoms. The zero-order chi connectivity index (χ0) is 14.6. The standard InChI is InChI=1S/C12H16FN3O3/c1-4-14-12(2,3)11(17)15-10-8(13)6-5-7-9(10)16(18)19/h5-7,14H,4H2,1-3H3,(H,15,17). The van der Waals surface area contributed by atoms with E-state index in [2.05, 4.69) is 10.6 Å². The van der Waals surface area contributed by atoms with E-state index in [1.165, 1.54) is 6.07 Å². The van der Waals surface area contributed by atoms with Crippen LogP contribution in [0.2, 0.25) is 0 Å². The summed E-state index contributed by atoms with van der Waals surface area (Å²) in [5.41, 5.74) is -1.84. The molecule has 0 spiro atoms. The first kappa shape index (κ1) is 15.0. The second-order valence-electron chi connectivity index (χ2n) is 4.50. The number of nitrogens with one attached hydrogen (secondary N) is 2. The van der Waals surface area contributed by atoms with E-state index in [1.54, 1.807) is 13.8 Å². The van der Waals surface area contributed by atoms with Crippen LogP contribution in [-0.2, 0) is 4.79 Å². The molecular weight excluding hydrogens is 253 g/mol. The number of hydrogen-bond donors (Lipinski definition) is 2. The van der Waals surface area contributed by atoms with Gasteiger partial charge in [0.05, 0.1) is 10.5 Å². The molecule has 0 aliphatic rings. The lowest BCUT2D eigenvalue weighted by Crippen LogP contribution is -2.49. The molecule has 0 aliphatic heterocycles. The number of rotatable bonds is 5. The Bertz CT molecular complexity index is 503. The smallest absolute Gasteiger partial charge is 0.295 e. The van der Waals surface area contributed by atoms with Crippen LogP contribution in [0.1, 0.15) is 20.8 Å². The predicted octanol–water partition coefficient (Wildman–Crippen LogP) is 2.06. The Hall–Kier alpha value is -2.02. The molecule has 0 saturated heterocycles. The molecule has 7 heteroatoms. The maximum atomic E-state index is 13.6. The molecule has 104 valence electrons. The van der Waals surface area contributed by atoms with Gasteiger partial charge in [-0.05, 0) is 26.5 Å². The number of anilines is 1. The maximum Gasteiger partial charge on any atom is 0.295 e. The van der Waals surface area contributed by atoms with Crippen LogP contribution in [0.3, 0.4) is 0 Å². The van der Waals surface area contributed by atoms with Crippen LogP contribution in [0.25, 0.3) is 0 Å². The SMILES string of the molecule is CCNC(C)(C)C(=O)Nc1c(F)cccc1[N+](=O)[O-]. The second kappa shape index (κ2) is 5.75. The van der Waals surface area contributed by atoms with Crippen LogP contribution in [0.15, 0.2) is 18.2 Å². The Balaban J connectivity index is 3.06. The highest BCUT2D eigenvalue weighted by molar-refractivity contribution is 5.99. The molecule has 1 aromatic rings. The molecule has 2 N–H and O–H groups in total. The molecule has 19 heavy (non-hydrogen) atoms. The molecule has 0 fully saturated rings. The second-order valence-corrected chi connectivity index (χ2v) is 4.50. The zero-order valence-corrected chi connectivity index (χ0v) is 11.0. The van der Waals surface area contributed by atoms with E-state index in [9.17, 15) is 19.3 Å². The molecule has 1 rings (SSSR count). The van der Waals surface area contributed by atoms with Gasteiger partial charge in [-0.2, -0.15) is 0 Å². The molecule has 6 nitrogen and oxygen atoms in total. The zero-order valence-electron chi connectivity index (χ0n) is 11.0. The minimum Gasteiger partial charge on any atom is -0.316 e. The summed E-state index contributed by atoms with van der Waals surface area (Å²) in [6.07, 6.45) is 0. The molecule has 0 heterocycles. The number of halogens is 1. The molecule has 0 unspecified atom stereocenters. The number of carbonyl (C=O) groups is 1. The van der Waals surface area contributed by atoms with Crippen molar-refractivity contribution in [3.05, 3.63) is 34.1 Å². The van der Waals surface area contributed by atoms with Crippen LogP contribution in [0, 0.1) is 15.9 Å². The van der Waals surface area contributed by atoms with E-state index >= 15 is 0 Å². The van der Waals surface area contributed by atoms with E-state index in [-0.39, 0.29) is 0 Å². The van der Waals surface area contributed by atoms with Crippen molar-refractivity contribution in [2.45, 2.75) is 26.3 Å². The lowest BCUT2D eigenvalue weighted by Gasteiger charge is -2.24. The minimum absolute atomic E-state index is 0.413. The van der Waals surface area contributed by atoms with Crippen LogP contribution in [0.4, 0.5) is 15.8 Å². The fraction of sp³-hybridized carbons (Fsp3) is 0.417. The van der Waals surface area contributed by atoms with Crippen molar-refractivity contribution < 1.29 is 14.1 Å². The third kappa shape index (κ3) is 3.47. The normalized spacial score (nSPS) is 11.2. The van der Waals surface area contributed by atoms with E-state index in [0.717, 1.165) is 12.1 Å². The lowest BCUT2D eigenvalue weighted by atomic mass is 10.0. The number of likely N-dealkylation sites (N-methyl/N-ethyl adjacent to an activating group) is 1. The number of amides is 1. The van der Waals surface area contributed by atoms with Gasteiger partial charge in [0, 0.05) is 6.07 Å². The van der Waals surface area contributed by atoms with Crippen LogP contribution in [0.5, 0.6) is 0 Å². The Morgan fingerprint density at radius 2 is 2.11 bits per heavy atom. The van der Waals surface area contributed by atoms with Crippen molar-refractivity contribution >= 4 is 17.3 Å². The lowest BCUT2D eigenvalue weighted by molar-refractivity contribution is -0.384. The Labute approximate surface area is 110 Å². The van der Waals surface area contributed by atoms with Gasteiger partial charge in [-0.25, -0.2) is 4.39 Å².